The van der Waals surface area contributed by atoms with E-state index >= 15 is 0 Å². The predicted octanol–water partition coefficient (Wildman–Crippen LogP) is 6.12. The maximum atomic E-state index is 13.9. The van der Waals surface area contributed by atoms with E-state index in [0.29, 0.717) is 83.7 Å². The predicted molar refractivity (Wildman–Crippen MR) is 173 cm³/mol. The van der Waals surface area contributed by atoms with Crippen molar-refractivity contribution >= 4 is 12.9 Å². The Labute approximate surface area is 266 Å². The van der Waals surface area contributed by atoms with Crippen LogP contribution < -0.4 is 10.0 Å². The summed E-state index contributed by atoms with van der Waals surface area (Å²) in [5.74, 6) is 0.556. The van der Waals surface area contributed by atoms with E-state index in [2.05, 4.69) is 6.92 Å². The molecule has 1 atom stereocenters. The van der Waals surface area contributed by atoms with Gasteiger partial charge in [0.2, 0.25) is 0 Å². The second kappa shape index (κ2) is 26.0. The molecule has 1 aliphatic rings. The van der Waals surface area contributed by atoms with E-state index in [-0.39, 0.29) is 25.9 Å². The number of aryl methyl sites for hydroxylation is 1. The van der Waals surface area contributed by atoms with E-state index in [4.69, 9.17) is 42.2 Å². The van der Waals surface area contributed by atoms with Crippen molar-refractivity contribution in [2.45, 2.75) is 84.7 Å². The topological polar surface area (TPSA) is 100 Å². The summed E-state index contributed by atoms with van der Waals surface area (Å²) in [6.45, 7) is 11.6. The molecule has 1 aromatic carbocycles. The highest BCUT2D eigenvalue weighted by molar-refractivity contribution is 7.62. The minimum atomic E-state index is -3.58. The molecule has 0 amide bonds. The Morgan fingerprint density at radius 2 is 1.20 bits per heavy atom. The zero-order chi connectivity index (χ0) is 31.6. The van der Waals surface area contributed by atoms with Crippen molar-refractivity contribution in [2.24, 2.45) is 0 Å². The molecule has 0 bridgehead atoms. The lowest BCUT2D eigenvalue weighted by molar-refractivity contribution is -0.0711. The number of rotatable bonds is 17. The van der Waals surface area contributed by atoms with E-state index in [1.54, 1.807) is 6.07 Å². The molecular formula is C33H59O10P. The van der Waals surface area contributed by atoms with Crippen LogP contribution in [-0.4, -0.2) is 98.6 Å². The number of benzene rings is 1. The fourth-order valence-corrected chi connectivity index (χ4v) is 6.56. The van der Waals surface area contributed by atoms with Gasteiger partial charge in [-0.25, -0.2) is 0 Å². The van der Waals surface area contributed by atoms with Gasteiger partial charge in [0.25, 0.3) is 0 Å². The summed E-state index contributed by atoms with van der Waals surface area (Å²) < 4.78 is 66.1. The Morgan fingerprint density at radius 1 is 0.682 bits per heavy atom. The zero-order valence-electron chi connectivity index (χ0n) is 27.6. The normalized spacial score (nSPS) is 18.8. The van der Waals surface area contributed by atoms with Crippen molar-refractivity contribution in [1.29, 1.82) is 0 Å². The first kappa shape index (κ1) is 39.1. The van der Waals surface area contributed by atoms with Crippen LogP contribution in [0.2, 0.25) is 0 Å². The maximum absolute atomic E-state index is 13.9. The van der Waals surface area contributed by atoms with Gasteiger partial charge in [-0.15, -0.1) is 0 Å². The Balaban J connectivity index is 2.09. The molecule has 0 aliphatic carbocycles. The summed E-state index contributed by atoms with van der Waals surface area (Å²) in [7, 11) is -3.58. The number of hydrogen-bond acceptors (Lipinski definition) is 10. The molecule has 44 heavy (non-hydrogen) atoms. The first-order valence-corrected chi connectivity index (χ1v) is 18.3. The molecule has 0 radical (unpaired) electrons. The summed E-state index contributed by atoms with van der Waals surface area (Å²) in [5, 5.41) is 0.457. The van der Waals surface area contributed by atoms with Crippen LogP contribution in [0.3, 0.4) is 0 Å². The Kier molecular flexibility index (Phi) is 23.2. The minimum absolute atomic E-state index is 0.206. The summed E-state index contributed by atoms with van der Waals surface area (Å²) in [5.41, 5.74) is 0.994. The molecule has 1 saturated heterocycles. The number of para-hydroxylation sites is 1. The van der Waals surface area contributed by atoms with Crippen molar-refractivity contribution in [3.63, 3.8) is 0 Å². The average molecular weight is 647 g/mol. The van der Waals surface area contributed by atoms with Crippen LogP contribution in [0, 0.1) is 0 Å². The van der Waals surface area contributed by atoms with Gasteiger partial charge in [0.1, 0.15) is 23.8 Å². The van der Waals surface area contributed by atoms with E-state index in [1.165, 1.54) is 38.5 Å². The second-order valence-corrected chi connectivity index (χ2v) is 12.6. The van der Waals surface area contributed by atoms with Crippen LogP contribution in [-0.2, 0) is 48.5 Å². The molecule has 0 spiro atoms. The summed E-state index contributed by atoms with van der Waals surface area (Å²) in [4.78, 5) is 0. The largest absolute Gasteiger partial charge is 0.490 e. The van der Waals surface area contributed by atoms with Gasteiger partial charge >= 0.3 is 7.60 Å². The molecule has 0 aromatic heterocycles. The molecule has 1 aromatic rings. The summed E-state index contributed by atoms with van der Waals surface area (Å²) >= 11 is 0. The lowest BCUT2D eigenvalue weighted by atomic mass is 10.0. The highest BCUT2D eigenvalue weighted by Gasteiger charge is 2.32. The minimum Gasteiger partial charge on any atom is -0.490 e. The smallest absolute Gasteiger partial charge is 0.365 e. The quantitative estimate of drug-likeness (QED) is 0.145. The van der Waals surface area contributed by atoms with Crippen LogP contribution in [0.4, 0.5) is 0 Å². The third kappa shape index (κ3) is 17.0. The van der Waals surface area contributed by atoms with Gasteiger partial charge in [0, 0.05) is 0 Å². The standard InChI is InChI=1S/C33H59O10P/c1-4-7-8-9-10-11-12-13-15-30-16-14-17-32(44(34,42-5-2)43-6-3)33(30)41-29-31-28-39-25-24-37-21-20-35-18-19-36-22-23-38-26-27-40-31/h14,16-17,31H,4-13,15,18-29H2,1-3H3. The second-order valence-electron chi connectivity index (χ2n) is 10.7. The van der Waals surface area contributed by atoms with Crippen LogP contribution in [0.5, 0.6) is 5.75 Å². The average Bonchev–Trinajstić information content (AvgIpc) is 3.02. The van der Waals surface area contributed by atoms with Crippen molar-refractivity contribution in [3.8, 4) is 5.75 Å². The van der Waals surface area contributed by atoms with Gasteiger partial charge in [-0.2, -0.15) is 0 Å². The van der Waals surface area contributed by atoms with Crippen molar-refractivity contribution in [2.75, 3.05) is 92.5 Å². The van der Waals surface area contributed by atoms with Crippen LogP contribution >= 0.6 is 7.60 Å². The first-order valence-electron chi connectivity index (χ1n) is 16.8. The van der Waals surface area contributed by atoms with E-state index < -0.39 is 7.60 Å². The molecule has 1 unspecified atom stereocenters. The lowest BCUT2D eigenvalue weighted by Gasteiger charge is -2.24. The highest BCUT2D eigenvalue weighted by atomic mass is 31.2. The van der Waals surface area contributed by atoms with Gasteiger partial charge in [-0.3, -0.25) is 4.57 Å². The Morgan fingerprint density at radius 3 is 1.77 bits per heavy atom. The molecular weight excluding hydrogens is 587 g/mol. The molecule has 11 heteroatoms. The maximum Gasteiger partial charge on any atom is 0.365 e. The van der Waals surface area contributed by atoms with Crippen LogP contribution in [0.15, 0.2) is 18.2 Å². The van der Waals surface area contributed by atoms with Crippen molar-refractivity contribution in [1.82, 2.24) is 0 Å². The lowest BCUT2D eigenvalue weighted by Crippen LogP contribution is -2.31. The number of ether oxygens (including phenoxy) is 7. The third-order valence-corrected chi connectivity index (χ3v) is 9.19. The van der Waals surface area contributed by atoms with Gasteiger partial charge < -0.3 is 42.2 Å². The van der Waals surface area contributed by atoms with Crippen molar-refractivity contribution < 1.29 is 46.8 Å². The van der Waals surface area contributed by atoms with E-state index in [0.717, 1.165) is 24.8 Å². The fraction of sp³-hybridized carbons (Fsp3) is 0.818. The van der Waals surface area contributed by atoms with Gasteiger partial charge in [0.15, 0.2) is 0 Å². The van der Waals surface area contributed by atoms with Gasteiger partial charge in [-0.1, -0.05) is 64.0 Å². The molecule has 0 N–H and O–H groups in total. The third-order valence-electron chi connectivity index (χ3n) is 7.06. The zero-order valence-corrected chi connectivity index (χ0v) is 28.5. The van der Waals surface area contributed by atoms with Crippen molar-refractivity contribution in [3.05, 3.63) is 23.8 Å². The number of hydrogen-bond donors (Lipinski definition) is 0. The molecule has 1 fully saturated rings. The van der Waals surface area contributed by atoms with Crippen LogP contribution in [0.1, 0.15) is 77.7 Å². The molecule has 256 valence electrons. The number of unbranched alkanes of at least 4 members (excludes halogenated alkanes) is 7. The molecule has 2 rings (SSSR count). The van der Waals surface area contributed by atoms with Gasteiger partial charge in [0.05, 0.1) is 85.9 Å². The Hall–Kier alpha value is -1.07. The molecule has 10 nitrogen and oxygen atoms in total. The van der Waals surface area contributed by atoms with Gasteiger partial charge in [-0.05, 0) is 38.3 Å². The molecule has 1 aliphatic heterocycles. The SMILES string of the molecule is CCCCCCCCCCc1cccc(P(=O)(OCC)OCC)c1OCC1COCCOCCOCCOCCOCCO1. The summed E-state index contributed by atoms with van der Waals surface area (Å²) in [6.07, 6.45) is 10.3. The Bertz CT molecular complexity index is 843. The molecule has 0 saturated carbocycles. The monoisotopic (exact) mass is 646 g/mol. The first-order chi connectivity index (χ1) is 21.6. The molecule has 1 heterocycles. The summed E-state index contributed by atoms with van der Waals surface area (Å²) in [6, 6.07) is 5.74. The van der Waals surface area contributed by atoms with Crippen LogP contribution in [0.25, 0.3) is 0 Å². The van der Waals surface area contributed by atoms with E-state index in [1.807, 2.05) is 26.0 Å². The highest BCUT2D eigenvalue weighted by Crippen LogP contribution is 2.50. The fourth-order valence-electron chi connectivity index (χ4n) is 4.80. The van der Waals surface area contributed by atoms with E-state index in [9.17, 15) is 4.57 Å².